The van der Waals surface area contributed by atoms with E-state index < -0.39 is 0 Å². The number of nitrogens with one attached hydrogen (secondary N) is 1. The summed E-state index contributed by atoms with van der Waals surface area (Å²) in [5.74, 6) is 1.26. The quantitative estimate of drug-likeness (QED) is 0.737. The van der Waals surface area contributed by atoms with Crippen LogP contribution in [0.4, 0.5) is 5.69 Å². The van der Waals surface area contributed by atoms with Crippen molar-refractivity contribution in [1.29, 1.82) is 0 Å². The lowest BCUT2D eigenvalue weighted by Gasteiger charge is -2.16. The molecule has 1 atom stereocenters. The average Bonchev–Trinajstić information content (AvgIpc) is 2.36. The Hall–Kier alpha value is -1.46. The highest BCUT2D eigenvalue weighted by molar-refractivity contribution is 5.55. The fourth-order valence-corrected chi connectivity index (χ4v) is 1.61. The van der Waals surface area contributed by atoms with Gasteiger partial charge in [0.15, 0.2) is 11.5 Å². The Labute approximate surface area is 108 Å². The highest BCUT2D eigenvalue weighted by atomic mass is 16.5. The molecule has 1 rings (SSSR count). The third-order valence-corrected chi connectivity index (χ3v) is 2.34. The number of hydrogen-bond donors (Lipinski definition) is 2. The summed E-state index contributed by atoms with van der Waals surface area (Å²) in [5.41, 5.74) is 0.924. The van der Waals surface area contributed by atoms with Gasteiger partial charge in [-0.3, -0.25) is 0 Å². The molecule has 0 aliphatic carbocycles. The number of aliphatic hydroxyl groups is 1. The minimum atomic E-state index is -0.0269. The van der Waals surface area contributed by atoms with Gasteiger partial charge in [0, 0.05) is 24.9 Å². The van der Waals surface area contributed by atoms with E-state index in [2.05, 4.69) is 5.32 Å². The fraction of sp³-hybridized carbons (Fsp3) is 0.538. The Morgan fingerprint density at radius 3 is 2.67 bits per heavy atom. The predicted octanol–water partition coefficient (Wildman–Crippen LogP) is 1.51. The Morgan fingerprint density at radius 1 is 1.28 bits per heavy atom. The molecular formula is C13H21NO4. The van der Waals surface area contributed by atoms with E-state index in [9.17, 15) is 0 Å². The third-order valence-electron chi connectivity index (χ3n) is 2.34. The van der Waals surface area contributed by atoms with Crippen molar-refractivity contribution in [3.05, 3.63) is 18.2 Å². The molecule has 0 fully saturated rings. The monoisotopic (exact) mass is 255 g/mol. The zero-order valence-electron chi connectivity index (χ0n) is 11.1. The largest absolute Gasteiger partial charge is 0.493 e. The van der Waals surface area contributed by atoms with Gasteiger partial charge in [0.2, 0.25) is 0 Å². The first-order valence-electron chi connectivity index (χ1n) is 5.88. The van der Waals surface area contributed by atoms with Crippen LogP contribution in [-0.2, 0) is 4.74 Å². The van der Waals surface area contributed by atoms with Gasteiger partial charge in [-0.15, -0.1) is 0 Å². The number of aliphatic hydroxyl groups excluding tert-OH is 1. The van der Waals surface area contributed by atoms with Crippen LogP contribution >= 0.6 is 0 Å². The SMILES string of the molecule is COCC(C)Nc1ccc(OC)c(OCCO)c1. The lowest BCUT2D eigenvalue weighted by atomic mass is 10.2. The Kier molecular flexibility index (Phi) is 6.32. The topological polar surface area (TPSA) is 60.0 Å². The van der Waals surface area contributed by atoms with E-state index in [1.165, 1.54) is 0 Å². The van der Waals surface area contributed by atoms with Gasteiger partial charge in [0.05, 0.1) is 20.3 Å². The minimum absolute atomic E-state index is 0.0269. The van der Waals surface area contributed by atoms with E-state index in [-0.39, 0.29) is 19.3 Å². The molecule has 2 N–H and O–H groups in total. The molecule has 0 aliphatic rings. The van der Waals surface area contributed by atoms with Gasteiger partial charge in [-0.25, -0.2) is 0 Å². The summed E-state index contributed by atoms with van der Waals surface area (Å²) in [4.78, 5) is 0. The van der Waals surface area contributed by atoms with E-state index in [1.807, 2.05) is 25.1 Å². The molecule has 0 bridgehead atoms. The smallest absolute Gasteiger partial charge is 0.163 e. The van der Waals surface area contributed by atoms with Crippen LogP contribution in [0.15, 0.2) is 18.2 Å². The van der Waals surface area contributed by atoms with Crippen LogP contribution in [0.2, 0.25) is 0 Å². The van der Waals surface area contributed by atoms with E-state index in [0.717, 1.165) is 5.69 Å². The second-order valence-electron chi connectivity index (χ2n) is 3.94. The molecule has 0 aliphatic heterocycles. The molecule has 0 radical (unpaired) electrons. The molecule has 1 unspecified atom stereocenters. The first-order chi connectivity index (χ1) is 8.71. The number of hydrogen-bond acceptors (Lipinski definition) is 5. The lowest BCUT2D eigenvalue weighted by Crippen LogP contribution is -2.20. The van der Waals surface area contributed by atoms with Gasteiger partial charge in [-0.05, 0) is 19.1 Å². The maximum absolute atomic E-state index is 8.78. The van der Waals surface area contributed by atoms with Gasteiger partial charge in [0.1, 0.15) is 6.61 Å². The van der Waals surface area contributed by atoms with Crippen molar-refractivity contribution in [2.24, 2.45) is 0 Å². The second-order valence-corrected chi connectivity index (χ2v) is 3.94. The Bertz CT molecular complexity index is 357. The molecule has 5 nitrogen and oxygen atoms in total. The van der Waals surface area contributed by atoms with Crippen molar-refractivity contribution in [1.82, 2.24) is 0 Å². The van der Waals surface area contributed by atoms with Gasteiger partial charge in [0.25, 0.3) is 0 Å². The predicted molar refractivity (Wildman–Crippen MR) is 70.5 cm³/mol. The number of benzene rings is 1. The number of anilines is 1. The fourth-order valence-electron chi connectivity index (χ4n) is 1.61. The maximum Gasteiger partial charge on any atom is 0.163 e. The van der Waals surface area contributed by atoms with Crippen LogP contribution < -0.4 is 14.8 Å². The van der Waals surface area contributed by atoms with E-state index in [0.29, 0.717) is 18.1 Å². The molecule has 0 saturated heterocycles. The normalized spacial score (nSPS) is 12.0. The molecule has 102 valence electrons. The highest BCUT2D eigenvalue weighted by Crippen LogP contribution is 2.30. The van der Waals surface area contributed by atoms with E-state index in [1.54, 1.807) is 14.2 Å². The number of rotatable bonds is 8. The summed E-state index contributed by atoms with van der Waals surface area (Å²) in [6.45, 7) is 2.87. The number of ether oxygens (including phenoxy) is 3. The third kappa shape index (κ3) is 4.43. The van der Waals surface area contributed by atoms with E-state index in [4.69, 9.17) is 19.3 Å². The van der Waals surface area contributed by atoms with Crippen molar-refractivity contribution in [3.8, 4) is 11.5 Å². The summed E-state index contributed by atoms with van der Waals surface area (Å²) >= 11 is 0. The van der Waals surface area contributed by atoms with Crippen LogP contribution in [0.3, 0.4) is 0 Å². The summed E-state index contributed by atoms with van der Waals surface area (Å²) < 4.78 is 15.7. The molecule has 18 heavy (non-hydrogen) atoms. The second kappa shape index (κ2) is 7.79. The van der Waals surface area contributed by atoms with Crippen LogP contribution in [0.1, 0.15) is 6.92 Å². The highest BCUT2D eigenvalue weighted by Gasteiger charge is 2.07. The maximum atomic E-state index is 8.78. The minimum Gasteiger partial charge on any atom is -0.493 e. The molecule has 0 amide bonds. The first kappa shape index (κ1) is 14.6. The van der Waals surface area contributed by atoms with Crippen LogP contribution in [0.5, 0.6) is 11.5 Å². The lowest BCUT2D eigenvalue weighted by molar-refractivity contribution is 0.190. The van der Waals surface area contributed by atoms with Crippen molar-refractivity contribution in [2.45, 2.75) is 13.0 Å². The van der Waals surface area contributed by atoms with Crippen LogP contribution in [0.25, 0.3) is 0 Å². The standard InChI is InChI=1S/C13H21NO4/c1-10(9-16-2)14-11-4-5-12(17-3)13(8-11)18-7-6-15/h4-5,8,10,14-15H,6-7,9H2,1-3H3. The van der Waals surface area contributed by atoms with Crippen molar-refractivity contribution in [2.75, 3.05) is 39.4 Å². The van der Waals surface area contributed by atoms with Crippen molar-refractivity contribution < 1.29 is 19.3 Å². The van der Waals surface area contributed by atoms with Gasteiger partial charge in [-0.2, -0.15) is 0 Å². The summed E-state index contributed by atoms with van der Waals surface area (Å²) in [6.07, 6.45) is 0. The molecule has 0 aromatic heterocycles. The zero-order valence-corrected chi connectivity index (χ0v) is 11.1. The summed E-state index contributed by atoms with van der Waals surface area (Å²) in [7, 11) is 3.25. The first-order valence-corrected chi connectivity index (χ1v) is 5.88. The van der Waals surface area contributed by atoms with Crippen LogP contribution in [0, 0.1) is 0 Å². The summed E-state index contributed by atoms with van der Waals surface area (Å²) in [5, 5.41) is 12.1. The Morgan fingerprint density at radius 2 is 2.06 bits per heavy atom. The molecule has 0 saturated carbocycles. The molecule has 1 aromatic carbocycles. The molecule has 0 heterocycles. The Balaban J connectivity index is 2.74. The van der Waals surface area contributed by atoms with Crippen molar-refractivity contribution in [3.63, 3.8) is 0 Å². The molecular weight excluding hydrogens is 234 g/mol. The summed E-state index contributed by atoms with van der Waals surface area (Å²) in [6, 6.07) is 5.79. The van der Waals surface area contributed by atoms with E-state index >= 15 is 0 Å². The van der Waals surface area contributed by atoms with Crippen LogP contribution in [-0.4, -0.2) is 45.2 Å². The average molecular weight is 255 g/mol. The zero-order chi connectivity index (χ0) is 13.4. The molecule has 0 spiro atoms. The molecule has 1 aromatic rings. The molecule has 5 heteroatoms. The van der Waals surface area contributed by atoms with Gasteiger partial charge >= 0.3 is 0 Å². The van der Waals surface area contributed by atoms with Crippen molar-refractivity contribution >= 4 is 5.69 Å². The number of methoxy groups -OCH3 is 2. The van der Waals surface area contributed by atoms with Gasteiger partial charge < -0.3 is 24.6 Å². The van der Waals surface area contributed by atoms with Gasteiger partial charge in [-0.1, -0.05) is 0 Å².